The number of fused-ring (bicyclic) bond motifs is 1. The number of allylic oxidation sites excluding steroid dienone is 6. The molecule has 1 atom stereocenters. The number of para-hydroxylation sites is 1. The molecule has 208 valence electrons. The summed E-state index contributed by atoms with van der Waals surface area (Å²) in [5.74, 6) is -0.658. The van der Waals surface area contributed by atoms with E-state index in [4.69, 9.17) is 15.2 Å². The first kappa shape index (κ1) is 31.1. The zero-order valence-electron chi connectivity index (χ0n) is 23.0. The molecule has 0 aliphatic rings. The third kappa shape index (κ3) is 14.0. The van der Waals surface area contributed by atoms with Crippen molar-refractivity contribution in [1.82, 2.24) is 4.98 Å². The predicted molar refractivity (Wildman–Crippen MR) is 156 cm³/mol. The van der Waals surface area contributed by atoms with E-state index in [1.165, 1.54) is 25.7 Å². The highest BCUT2D eigenvalue weighted by atomic mass is 16.5. The van der Waals surface area contributed by atoms with E-state index in [1.807, 2.05) is 30.3 Å². The minimum Gasteiger partial charge on any atom is -0.466 e. The second-order valence-electron chi connectivity index (χ2n) is 9.56. The van der Waals surface area contributed by atoms with E-state index >= 15 is 0 Å². The molecule has 1 aromatic carbocycles. The average Bonchev–Trinajstić information content (AvgIpc) is 3.32. The molecular weight excluding hydrogens is 476 g/mol. The summed E-state index contributed by atoms with van der Waals surface area (Å²) in [6.45, 7) is 2.65. The Morgan fingerprint density at radius 1 is 0.868 bits per heavy atom. The zero-order chi connectivity index (χ0) is 27.3. The highest BCUT2D eigenvalue weighted by Crippen LogP contribution is 2.15. The van der Waals surface area contributed by atoms with Gasteiger partial charge in [0.25, 0.3) is 0 Å². The van der Waals surface area contributed by atoms with Gasteiger partial charge in [0, 0.05) is 30.5 Å². The zero-order valence-corrected chi connectivity index (χ0v) is 23.0. The normalized spacial score (nSPS) is 12.7. The topological polar surface area (TPSA) is 94.4 Å². The monoisotopic (exact) mass is 522 g/mol. The number of hydrogen-bond donors (Lipinski definition) is 2. The van der Waals surface area contributed by atoms with Crippen molar-refractivity contribution >= 4 is 22.8 Å². The molecule has 0 fully saturated rings. The molecule has 1 aromatic heterocycles. The number of hydrogen-bond acceptors (Lipinski definition) is 5. The van der Waals surface area contributed by atoms with Gasteiger partial charge in [-0.2, -0.15) is 0 Å². The Morgan fingerprint density at radius 2 is 1.53 bits per heavy atom. The van der Waals surface area contributed by atoms with Gasteiger partial charge in [-0.05, 0) is 62.5 Å². The highest BCUT2D eigenvalue weighted by molar-refractivity contribution is 5.81. The molecule has 3 N–H and O–H groups in total. The second-order valence-corrected chi connectivity index (χ2v) is 9.56. The lowest BCUT2D eigenvalue weighted by Gasteiger charge is -2.11. The Kier molecular flexibility index (Phi) is 16.3. The molecule has 2 aromatic rings. The minimum absolute atomic E-state index is 0.182. The molecule has 1 heterocycles. The first-order valence-corrected chi connectivity index (χ1v) is 14.2. The van der Waals surface area contributed by atoms with Gasteiger partial charge in [-0.25, -0.2) is 0 Å². The molecule has 0 amide bonds. The van der Waals surface area contributed by atoms with E-state index in [2.05, 4.69) is 48.4 Å². The molecular formula is C32H46N2O4. The molecule has 2 rings (SSSR count). The van der Waals surface area contributed by atoms with Crippen molar-refractivity contribution in [3.05, 3.63) is 72.5 Å². The largest absolute Gasteiger partial charge is 0.466 e. The SMILES string of the molecule is CCCCC/C=C\C/C=C\C/C=C\CCCCC(=O)OCCCOC(=O)C(N)Cc1cc2ccccc2[nH]1. The maximum atomic E-state index is 12.1. The maximum absolute atomic E-state index is 12.1. The first-order chi connectivity index (χ1) is 18.6. The first-order valence-electron chi connectivity index (χ1n) is 14.2. The van der Waals surface area contributed by atoms with Crippen molar-refractivity contribution in [2.45, 2.75) is 90.0 Å². The van der Waals surface area contributed by atoms with Crippen LogP contribution in [0.5, 0.6) is 0 Å². The number of carbonyl (C=O) groups is 2. The van der Waals surface area contributed by atoms with Gasteiger partial charge in [-0.3, -0.25) is 9.59 Å². The Hall–Kier alpha value is -3.12. The number of carbonyl (C=O) groups excluding carboxylic acids is 2. The summed E-state index contributed by atoms with van der Waals surface area (Å²) < 4.78 is 10.5. The molecule has 0 aliphatic carbocycles. The van der Waals surface area contributed by atoms with Crippen LogP contribution in [0, 0.1) is 0 Å². The average molecular weight is 523 g/mol. The summed E-state index contributed by atoms with van der Waals surface area (Å²) in [6, 6.07) is 9.17. The van der Waals surface area contributed by atoms with E-state index in [0.717, 1.165) is 48.7 Å². The van der Waals surface area contributed by atoms with Crippen molar-refractivity contribution in [2.24, 2.45) is 5.73 Å². The number of rotatable bonds is 20. The number of ether oxygens (including phenoxy) is 2. The van der Waals surface area contributed by atoms with Crippen LogP contribution in [0.25, 0.3) is 10.9 Å². The molecule has 6 heteroatoms. The molecule has 0 radical (unpaired) electrons. The van der Waals surface area contributed by atoms with Gasteiger partial charge in [0.05, 0.1) is 13.2 Å². The predicted octanol–water partition coefficient (Wildman–Crippen LogP) is 7.10. The lowest BCUT2D eigenvalue weighted by molar-refractivity contribution is -0.147. The number of esters is 2. The van der Waals surface area contributed by atoms with Crippen LogP contribution < -0.4 is 5.73 Å². The van der Waals surface area contributed by atoms with Crippen molar-refractivity contribution in [3.63, 3.8) is 0 Å². The second kappa shape index (κ2) is 19.9. The lowest BCUT2D eigenvalue weighted by Crippen LogP contribution is -2.34. The van der Waals surface area contributed by atoms with Crippen LogP contribution in [0.2, 0.25) is 0 Å². The number of benzene rings is 1. The van der Waals surface area contributed by atoms with Gasteiger partial charge in [-0.1, -0.05) is 74.4 Å². The van der Waals surface area contributed by atoms with Crippen LogP contribution in [0.1, 0.15) is 83.2 Å². The summed E-state index contributed by atoms with van der Waals surface area (Å²) in [5.41, 5.74) is 7.90. The van der Waals surface area contributed by atoms with E-state index in [0.29, 0.717) is 19.3 Å². The number of nitrogens with two attached hydrogens (primary N) is 1. The maximum Gasteiger partial charge on any atom is 0.323 e. The molecule has 38 heavy (non-hydrogen) atoms. The Balaban J connectivity index is 1.41. The molecule has 0 saturated heterocycles. The fourth-order valence-electron chi connectivity index (χ4n) is 3.98. The van der Waals surface area contributed by atoms with Gasteiger partial charge in [-0.15, -0.1) is 0 Å². The van der Waals surface area contributed by atoms with Gasteiger partial charge < -0.3 is 20.2 Å². The van der Waals surface area contributed by atoms with E-state index in [1.54, 1.807) is 0 Å². The summed E-state index contributed by atoms with van der Waals surface area (Å²) in [7, 11) is 0. The van der Waals surface area contributed by atoms with Crippen molar-refractivity contribution < 1.29 is 19.1 Å². The summed E-state index contributed by atoms with van der Waals surface area (Å²) in [4.78, 5) is 27.3. The van der Waals surface area contributed by atoms with Gasteiger partial charge in [0.15, 0.2) is 0 Å². The molecule has 1 unspecified atom stereocenters. The van der Waals surface area contributed by atoms with Crippen LogP contribution in [0.4, 0.5) is 0 Å². The van der Waals surface area contributed by atoms with E-state index in [-0.39, 0.29) is 19.2 Å². The van der Waals surface area contributed by atoms with E-state index in [9.17, 15) is 9.59 Å². The van der Waals surface area contributed by atoms with Crippen molar-refractivity contribution in [1.29, 1.82) is 0 Å². The Bertz CT molecular complexity index is 988. The van der Waals surface area contributed by atoms with Crippen LogP contribution in [0.15, 0.2) is 66.8 Å². The smallest absolute Gasteiger partial charge is 0.323 e. The van der Waals surface area contributed by atoms with Crippen LogP contribution >= 0.6 is 0 Å². The van der Waals surface area contributed by atoms with Crippen LogP contribution in [-0.4, -0.2) is 36.2 Å². The number of nitrogens with one attached hydrogen (secondary N) is 1. The minimum atomic E-state index is -0.738. The molecule has 0 aliphatic heterocycles. The van der Waals surface area contributed by atoms with Gasteiger partial charge >= 0.3 is 11.9 Å². The molecule has 0 spiro atoms. The third-order valence-electron chi connectivity index (χ3n) is 6.14. The third-order valence-corrected chi connectivity index (χ3v) is 6.14. The summed E-state index contributed by atoms with van der Waals surface area (Å²) in [6.07, 6.45) is 24.3. The van der Waals surface area contributed by atoms with E-state index < -0.39 is 12.0 Å². The summed E-state index contributed by atoms with van der Waals surface area (Å²) >= 11 is 0. The fourth-order valence-corrected chi connectivity index (χ4v) is 3.98. The number of aromatic nitrogens is 1. The van der Waals surface area contributed by atoms with Gasteiger partial charge in [0.1, 0.15) is 6.04 Å². The molecule has 0 saturated carbocycles. The van der Waals surface area contributed by atoms with Crippen molar-refractivity contribution in [2.75, 3.05) is 13.2 Å². The number of H-pyrrole nitrogens is 1. The standard InChI is InChI=1S/C32H46N2O4/c1-2-3-4-5-6-7-8-9-10-11-12-13-14-15-16-22-31(35)37-23-19-24-38-32(36)29(33)26-28-25-27-20-17-18-21-30(27)34-28/h6-7,9-10,12-13,17-18,20-21,25,29,34H,2-5,8,11,14-16,19,22-24,26,33H2,1H3/b7-6-,10-9-,13-12-. The highest BCUT2D eigenvalue weighted by Gasteiger charge is 2.17. The Labute approximate surface area is 228 Å². The Morgan fingerprint density at radius 3 is 2.24 bits per heavy atom. The number of aromatic amines is 1. The lowest BCUT2D eigenvalue weighted by atomic mass is 10.1. The molecule has 0 bridgehead atoms. The number of unbranched alkanes of at least 4 members (excludes halogenated alkanes) is 5. The quantitative estimate of drug-likeness (QED) is 0.110. The van der Waals surface area contributed by atoms with Gasteiger partial charge in [0.2, 0.25) is 0 Å². The van der Waals surface area contributed by atoms with Crippen LogP contribution in [-0.2, 0) is 25.5 Å². The summed E-state index contributed by atoms with van der Waals surface area (Å²) in [5, 5.41) is 1.08. The fraction of sp³-hybridized carbons (Fsp3) is 0.500. The molecule has 6 nitrogen and oxygen atoms in total. The van der Waals surface area contributed by atoms with Crippen LogP contribution in [0.3, 0.4) is 0 Å². The van der Waals surface area contributed by atoms with Crippen molar-refractivity contribution in [3.8, 4) is 0 Å².